The van der Waals surface area contributed by atoms with Gasteiger partial charge in [-0.1, -0.05) is 0 Å². The van der Waals surface area contributed by atoms with Crippen LogP contribution in [0, 0.1) is 20.8 Å². The lowest BCUT2D eigenvalue weighted by Gasteiger charge is -2.42. The Labute approximate surface area is 239 Å². The highest BCUT2D eigenvalue weighted by Crippen LogP contribution is 2.38. The average Bonchev–Trinajstić information content (AvgIpc) is 3.05. The van der Waals surface area contributed by atoms with Crippen molar-refractivity contribution in [3.63, 3.8) is 0 Å². The molecule has 1 aromatic heterocycles. The fraction of sp³-hybridized carbons (Fsp3) is 0.613. The molecular formula is C31H46BN3O5. The van der Waals surface area contributed by atoms with Crippen molar-refractivity contribution < 1.29 is 18.8 Å². The third-order valence-corrected chi connectivity index (χ3v) is 8.85. The molecule has 1 aromatic carbocycles. The predicted molar refractivity (Wildman–Crippen MR) is 161 cm³/mol. The van der Waals surface area contributed by atoms with E-state index in [9.17, 15) is 9.59 Å². The molecule has 0 bridgehead atoms. The Morgan fingerprint density at radius 3 is 2.30 bits per heavy atom. The lowest BCUT2D eigenvalue weighted by molar-refractivity contribution is -0.0588. The van der Waals surface area contributed by atoms with Gasteiger partial charge in [0.05, 0.1) is 16.8 Å². The molecule has 40 heavy (non-hydrogen) atoms. The standard InChI is InChI=1S/C31H46BN3O5/c1-11-35(23-12-13-38-29(5,6)17-23)26-16-22(32-39-30(7,8)31(9,10)40-32)15-24(21(26)4)27(36)33-18-25-19(2)14-20(3)34-28(25)37/h14-16,23H,11-13,17-18H2,1-10H3,(H,33,36)(H,34,37). The van der Waals surface area contributed by atoms with Crippen molar-refractivity contribution in [3.05, 3.63) is 56.5 Å². The minimum Gasteiger partial charge on any atom is -0.399 e. The monoisotopic (exact) mass is 551 g/mol. The second-order valence-corrected chi connectivity index (χ2v) is 13.0. The zero-order valence-corrected chi connectivity index (χ0v) is 25.9. The molecule has 1 amide bonds. The van der Waals surface area contributed by atoms with Gasteiger partial charge in [0.25, 0.3) is 11.5 Å². The summed E-state index contributed by atoms with van der Waals surface area (Å²) < 4.78 is 18.8. The number of aromatic nitrogens is 1. The number of aromatic amines is 1. The zero-order valence-electron chi connectivity index (χ0n) is 25.9. The van der Waals surface area contributed by atoms with Crippen LogP contribution in [0.5, 0.6) is 0 Å². The number of nitrogens with one attached hydrogen (secondary N) is 2. The number of hydrogen-bond acceptors (Lipinski definition) is 6. The summed E-state index contributed by atoms with van der Waals surface area (Å²) in [5.41, 5.74) is 4.02. The molecule has 9 heteroatoms. The van der Waals surface area contributed by atoms with E-state index in [4.69, 9.17) is 14.0 Å². The lowest BCUT2D eigenvalue weighted by Crippen LogP contribution is -2.47. The van der Waals surface area contributed by atoms with Gasteiger partial charge in [-0.15, -0.1) is 0 Å². The summed E-state index contributed by atoms with van der Waals surface area (Å²) in [4.78, 5) is 31.6. The highest BCUT2D eigenvalue weighted by molar-refractivity contribution is 6.62. The Hall–Kier alpha value is -2.62. The normalized spacial score (nSPS) is 21.4. The fourth-order valence-electron chi connectivity index (χ4n) is 5.83. The maximum absolute atomic E-state index is 13.7. The second-order valence-electron chi connectivity index (χ2n) is 13.0. The third-order valence-electron chi connectivity index (χ3n) is 8.85. The fourth-order valence-corrected chi connectivity index (χ4v) is 5.83. The first-order chi connectivity index (χ1) is 18.5. The van der Waals surface area contributed by atoms with Crippen LogP contribution in [0.25, 0.3) is 0 Å². The van der Waals surface area contributed by atoms with Crippen LogP contribution >= 0.6 is 0 Å². The Kier molecular flexibility index (Phi) is 8.34. The third kappa shape index (κ3) is 6.02. The summed E-state index contributed by atoms with van der Waals surface area (Å²) in [6.45, 7) is 21.9. The molecular weight excluding hydrogens is 505 g/mol. The maximum atomic E-state index is 13.7. The number of benzene rings is 1. The zero-order chi connectivity index (χ0) is 29.6. The van der Waals surface area contributed by atoms with E-state index in [-0.39, 0.29) is 29.7 Å². The van der Waals surface area contributed by atoms with Crippen molar-refractivity contribution in [1.29, 1.82) is 0 Å². The van der Waals surface area contributed by atoms with Crippen LogP contribution < -0.4 is 21.2 Å². The number of hydrogen-bond donors (Lipinski definition) is 2. The lowest BCUT2D eigenvalue weighted by atomic mass is 9.76. The minimum atomic E-state index is -0.608. The van der Waals surface area contributed by atoms with Crippen LogP contribution in [0.2, 0.25) is 0 Å². The number of aryl methyl sites for hydroxylation is 2. The van der Waals surface area contributed by atoms with Crippen molar-refractivity contribution in [2.45, 2.75) is 111 Å². The Balaban J connectivity index is 1.74. The van der Waals surface area contributed by atoms with E-state index in [1.165, 1.54) is 0 Å². The number of amides is 1. The first-order valence-corrected chi connectivity index (χ1v) is 14.4. The van der Waals surface area contributed by atoms with Crippen LogP contribution in [-0.4, -0.2) is 54.0 Å². The number of carbonyl (C=O) groups is 1. The van der Waals surface area contributed by atoms with Crippen molar-refractivity contribution in [2.75, 3.05) is 18.1 Å². The van der Waals surface area contributed by atoms with Crippen LogP contribution in [0.1, 0.15) is 94.1 Å². The van der Waals surface area contributed by atoms with Gasteiger partial charge in [0.2, 0.25) is 0 Å². The SMILES string of the molecule is CCN(c1cc(B2OC(C)(C)C(C)(C)O2)cc(C(=O)NCc2c(C)cc(C)[nH]c2=O)c1C)C1CCOC(C)(C)C1. The van der Waals surface area contributed by atoms with Crippen LogP contribution in [-0.2, 0) is 20.6 Å². The molecule has 2 fully saturated rings. The van der Waals surface area contributed by atoms with Gasteiger partial charge in [-0.25, -0.2) is 0 Å². The molecule has 2 aliphatic heterocycles. The van der Waals surface area contributed by atoms with Gasteiger partial charge in [-0.3, -0.25) is 9.59 Å². The number of anilines is 1. The molecule has 2 aliphatic rings. The smallest absolute Gasteiger partial charge is 0.399 e. The first-order valence-electron chi connectivity index (χ1n) is 14.4. The minimum absolute atomic E-state index is 0.140. The molecule has 0 spiro atoms. The van der Waals surface area contributed by atoms with Gasteiger partial charge in [0.15, 0.2) is 0 Å². The van der Waals surface area contributed by atoms with E-state index in [1.807, 2.05) is 60.6 Å². The van der Waals surface area contributed by atoms with E-state index >= 15 is 0 Å². The molecule has 1 atom stereocenters. The van der Waals surface area contributed by atoms with Gasteiger partial charge in [0.1, 0.15) is 0 Å². The summed E-state index contributed by atoms with van der Waals surface area (Å²) >= 11 is 0. The van der Waals surface area contributed by atoms with Gasteiger partial charge >= 0.3 is 7.12 Å². The summed E-state index contributed by atoms with van der Waals surface area (Å²) in [5, 5.41) is 3.01. The molecule has 3 heterocycles. The van der Waals surface area contributed by atoms with E-state index in [1.54, 1.807) is 0 Å². The molecule has 2 saturated heterocycles. The maximum Gasteiger partial charge on any atom is 0.494 e. The quantitative estimate of drug-likeness (QED) is 0.499. The molecule has 0 aliphatic carbocycles. The van der Waals surface area contributed by atoms with E-state index in [0.717, 1.165) is 47.4 Å². The number of H-pyrrole nitrogens is 1. The van der Waals surface area contributed by atoms with Crippen LogP contribution in [0.15, 0.2) is 23.0 Å². The molecule has 0 saturated carbocycles. The average molecular weight is 552 g/mol. The molecule has 1 unspecified atom stereocenters. The topological polar surface area (TPSA) is 92.9 Å². The van der Waals surface area contributed by atoms with E-state index in [0.29, 0.717) is 17.7 Å². The molecule has 2 N–H and O–H groups in total. The highest BCUT2D eigenvalue weighted by atomic mass is 16.7. The highest BCUT2D eigenvalue weighted by Gasteiger charge is 2.52. The van der Waals surface area contributed by atoms with Gasteiger partial charge in [-0.2, -0.15) is 0 Å². The van der Waals surface area contributed by atoms with Crippen LogP contribution in [0.3, 0.4) is 0 Å². The number of rotatable bonds is 7. The summed E-state index contributed by atoms with van der Waals surface area (Å²) in [6, 6.07) is 6.18. The van der Waals surface area contributed by atoms with Crippen molar-refractivity contribution in [1.82, 2.24) is 10.3 Å². The van der Waals surface area contributed by atoms with Gasteiger partial charge in [0, 0.05) is 48.2 Å². The summed E-state index contributed by atoms with van der Waals surface area (Å²) in [6.07, 6.45) is 1.80. The van der Waals surface area contributed by atoms with E-state index < -0.39 is 18.3 Å². The van der Waals surface area contributed by atoms with Crippen molar-refractivity contribution in [3.8, 4) is 0 Å². The molecule has 2 aromatic rings. The van der Waals surface area contributed by atoms with Gasteiger partial charge in [-0.05, 0) is 117 Å². The Morgan fingerprint density at radius 1 is 1.07 bits per heavy atom. The number of carbonyl (C=O) groups excluding carboxylic acids is 1. The largest absolute Gasteiger partial charge is 0.494 e. The molecule has 4 rings (SSSR count). The molecule has 218 valence electrons. The summed E-state index contributed by atoms with van der Waals surface area (Å²) in [7, 11) is -0.608. The Bertz CT molecular complexity index is 1320. The van der Waals surface area contributed by atoms with Crippen molar-refractivity contribution >= 4 is 24.2 Å². The number of nitrogens with zero attached hydrogens (tertiary/aromatic N) is 1. The summed E-state index contributed by atoms with van der Waals surface area (Å²) in [5.74, 6) is -0.236. The Morgan fingerprint density at radius 2 is 1.73 bits per heavy atom. The first kappa shape index (κ1) is 30.3. The van der Waals surface area contributed by atoms with E-state index in [2.05, 4.69) is 42.0 Å². The predicted octanol–water partition coefficient (Wildman–Crippen LogP) is 4.31. The van der Waals surface area contributed by atoms with Crippen molar-refractivity contribution in [2.24, 2.45) is 0 Å². The molecule has 8 nitrogen and oxygen atoms in total. The van der Waals surface area contributed by atoms with Gasteiger partial charge < -0.3 is 29.2 Å². The number of pyridine rings is 1. The number of ether oxygens (including phenoxy) is 1. The second kappa shape index (κ2) is 11.0. The molecule has 0 radical (unpaired) electrons. The van der Waals surface area contributed by atoms with Crippen LogP contribution in [0.4, 0.5) is 5.69 Å².